The summed E-state index contributed by atoms with van der Waals surface area (Å²) in [4.78, 5) is 28.0. The summed E-state index contributed by atoms with van der Waals surface area (Å²) in [7, 11) is 0. The number of hydrogen-bond acceptors (Lipinski definition) is 8. The minimum atomic E-state index is -0.654. The number of benzene rings is 1. The first-order valence-corrected chi connectivity index (χ1v) is 11.3. The molecule has 0 bridgehead atoms. The lowest BCUT2D eigenvalue weighted by Gasteiger charge is -2.08. The molecule has 2 heterocycles. The van der Waals surface area contributed by atoms with Crippen molar-refractivity contribution in [2.45, 2.75) is 25.7 Å². The van der Waals surface area contributed by atoms with Crippen molar-refractivity contribution < 1.29 is 14.1 Å². The third-order valence-corrected chi connectivity index (χ3v) is 5.23. The van der Waals surface area contributed by atoms with Crippen LogP contribution in [-0.4, -0.2) is 65.2 Å². The molecular formula is C22H29ClN9O2+. The van der Waals surface area contributed by atoms with E-state index in [2.05, 4.69) is 42.0 Å². The Kier molecular flexibility index (Phi) is 9.15. The summed E-state index contributed by atoms with van der Waals surface area (Å²) in [6.07, 6.45) is 7.33. The number of amides is 1. The van der Waals surface area contributed by atoms with Crippen LogP contribution in [-0.2, 0) is 6.42 Å². The number of carbonyl (C=O) groups excluding carboxylic acids is 1. The SMILES string of the molecule is NC(=NCCCCc1ccc(OCCC[N+]2=CN=CC2)cc1)NC(=O)c1nc(Cl)c(N)nc1N. The second kappa shape index (κ2) is 12.5. The zero-order chi connectivity index (χ0) is 24.3. The number of nitrogens with two attached hydrogens (primary N) is 3. The predicted molar refractivity (Wildman–Crippen MR) is 134 cm³/mol. The number of aromatic nitrogens is 2. The maximum atomic E-state index is 12.2. The average Bonchev–Trinajstić information content (AvgIpc) is 3.33. The Labute approximate surface area is 202 Å². The molecule has 0 spiro atoms. The van der Waals surface area contributed by atoms with E-state index in [1.807, 2.05) is 24.7 Å². The van der Waals surface area contributed by atoms with Crippen molar-refractivity contribution in [2.24, 2.45) is 15.7 Å². The number of anilines is 2. The molecule has 34 heavy (non-hydrogen) atoms. The molecule has 12 heteroatoms. The van der Waals surface area contributed by atoms with Gasteiger partial charge < -0.3 is 21.9 Å². The van der Waals surface area contributed by atoms with Crippen LogP contribution in [0.25, 0.3) is 0 Å². The van der Waals surface area contributed by atoms with Crippen molar-refractivity contribution in [3.05, 3.63) is 40.7 Å². The van der Waals surface area contributed by atoms with Gasteiger partial charge in [-0.1, -0.05) is 28.7 Å². The molecule has 180 valence electrons. The van der Waals surface area contributed by atoms with Crippen molar-refractivity contribution in [2.75, 3.05) is 37.7 Å². The highest BCUT2D eigenvalue weighted by Gasteiger charge is 2.16. The Balaban J connectivity index is 1.32. The van der Waals surface area contributed by atoms with E-state index in [0.717, 1.165) is 44.5 Å². The van der Waals surface area contributed by atoms with Gasteiger partial charge in [-0.05, 0) is 37.0 Å². The third kappa shape index (κ3) is 7.69. The number of halogens is 1. The number of aryl methyl sites for hydroxylation is 1. The molecule has 1 amide bonds. The number of carbonyl (C=O) groups is 1. The van der Waals surface area contributed by atoms with Gasteiger partial charge in [-0.25, -0.2) is 9.97 Å². The van der Waals surface area contributed by atoms with Crippen molar-refractivity contribution in [3.63, 3.8) is 0 Å². The van der Waals surface area contributed by atoms with Crippen LogP contribution >= 0.6 is 11.6 Å². The number of ether oxygens (including phenoxy) is 1. The number of rotatable bonds is 11. The molecule has 1 aromatic heterocycles. The van der Waals surface area contributed by atoms with Gasteiger partial charge in [0.15, 0.2) is 34.7 Å². The summed E-state index contributed by atoms with van der Waals surface area (Å²) in [5.74, 6) is -0.0115. The molecule has 3 rings (SSSR count). The van der Waals surface area contributed by atoms with Crippen LogP contribution in [0, 0.1) is 0 Å². The molecule has 0 saturated carbocycles. The molecule has 0 radical (unpaired) electrons. The predicted octanol–water partition coefficient (Wildman–Crippen LogP) is 1.26. The van der Waals surface area contributed by atoms with Crippen LogP contribution in [0.4, 0.5) is 11.6 Å². The Morgan fingerprint density at radius 2 is 1.94 bits per heavy atom. The highest BCUT2D eigenvalue weighted by molar-refractivity contribution is 6.31. The summed E-state index contributed by atoms with van der Waals surface area (Å²) < 4.78 is 7.95. The minimum absolute atomic E-state index is 0.0317. The smallest absolute Gasteiger partial charge is 0.281 e. The standard InChI is InChI=1S/C22H28ClN9O2/c23-18-20(25)30-19(24)17(29-18)21(33)31-22(26)28-9-2-1-4-15-5-7-16(8-6-15)34-13-3-11-32-12-10-27-14-32/h5-8,10,14H,1-4,9,11-13H2,(H6-,24,25,26,28,30,31,33)/p+1. The first-order chi connectivity index (χ1) is 16.4. The van der Waals surface area contributed by atoms with E-state index < -0.39 is 5.91 Å². The van der Waals surface area contributed by atoms with Crippen LogP contribution in [0.3, 0.4) is 0 Å². The molecule has 0 unspecified atom stereocenters. The molecule has 0 aliphatic carbocycles. The molecular weight excluding hydrogens is 458 g/mol. The van der Waals surface area contributed by atoms with Crippen molar-refractivity contribution in [3.8, 4) is 5.75 Å². The van der Waals surface area contributed by atoms with E-state index in [1.165, 1.54) is 5.56 Å². The number of guanidine groups is 1. The maximum absolute atomic E-state index is 12.2. The zero-order valence-electron chi connectivity index (χ0n) is 18.8. The van der Waals surface area contributed by atoms with Gasteiger partial charge in [0.25, 0.3) is 12.2 Å². The fourth-order valence-electron chi connectivity index (χ4n) is 3.16. The van der Waals surface area contributed by atoms with Crippen molar-refractivity contribution >= 4 is 47.7 Å². The van der Waals surface area contributed by atoms with Crippen LogP contribution in [0.15, 0.2) is 34.3 Å². The van der Waals surface area contributed by atoms with E-state index in [-0.39, 0.29) is 28.4 Å². The number of nitrogens with zero attached hydrogens (tertiary/aromatic N) is 5. The summed E-state index contributed by atoms with van der Waals surface area (Å²) in [5.41, 5.74) is 18.0. The van der Waals surface area contributed by atoms with Gasteiger partial charge in [0.05, 0.1) is 13.2 Å². The number of nitrogen functional groups attached to an aromatic ring is 2. The Morgan fingerprint density at radius 3 is 2.68 bits per heavy atom. The van der Waals surface area contributed by atoms with Crippen LogP contribution < -0.4 is 27.3 Å². The van der Waals surface area contributed by atoms with Gasteiger partial charge in [0, 0.05) is 13.0 Å². The first kappa shape index (κ1) is 24.9. The van der Waals surface area contributed by atoms with Gasteiger partial charge in [-0.3, -0.25) is 19.7 Å². The lowest BCUT2D eigenvalue weighted by molar-refractivity contribution is -0.505. The quantitative estimate of drug-likeness (QED) is 0.160. The monoisotopic (exact) mass is 486 g/mol. The van der Waals surface area contributed by atoms with Crippen LogP contribution in [0.1, 0.15) is 35.3 Å². The van der Waals surface area contributed by atoms with Crippen LogP contribution in [0.2, 0.25) is 5.15 Å². The Morgan fingerprint density at radius 1 is 1.15 bits per heavy atom. The van der Waals surface area contributed by atoms with E-state index in [0.29, 0.717) is 13.2 Å². The molecule has 0 fully saturated rings. The van der Waals surface area contributed by atoms with E-state index in [1.54, 1.807) is 0 Å². The molecule has 1 aliphatic heterocycles. The minimum Gasteiger partial charge on any atom is -0.493 e. The number of unbranched alkanes of at least 4 members (excludes halogenated alkanes) is 1. The van der Waals surface area contributed by atoms with E-state index in [9.17, 15) is 4.79 Å². The highest BCUT2D eigenvalue weighted by atomic mass is 35.5. The molecule has 7 N–H and O–H groups in total. The Hall–Kier alpha value is -3.73. The largest absolute Gasteiger partial charge is 0.493 e. The normalized spacial score (nSPS) is 13.1. The number of hydrogen-bond donors (Lipinski definition) is 4. The van der Waals surface area contributed by atoms with Crippen molar-refractivity contribution in [1.29, 1.82) is 0 Å². The van der Waals surface area contributed by atoms with Gasteiger partial charge in [0.2, 0.25) is 0 Å². The first-order valence-electron chi connectivity index (χ1n) is 10.9. The summed E-state index contributed by atoms with van der Waals surface area (Å²) in [6, 6.07) is 8.12. The lowest BCUT2D eigenvalue weighted by Crippen LogP contribution is -2.38. The highest BCUT2D eigenvalue weighted by Crippen LogP contribution is 2.17. The molecule has 11 nitrogen and oxygen atoms in total. The van der Waals surface area contributed by atoms with Gasteiger partial charge >= 0.3 is 0 Å². The molecule has 0 atom stereocenters. The molecule has 1 aromatic carbocycles. The van der Waals surface area contributed by atoms with Gasteiger partial charge in [0.1, 0.15) is 12.3 Å². The van der Waals surface area contributed by atoms with Crippen molar-refractivity contribution in [1.82, 2.24) is 15.3 Å². The van der Waals surface area contributed by atoms with Crippen LogP contribution in [0.5, 0.6) is 5.75 Å². The summed E-state index contributed by atoms with van der Waals surface area (Å²) in [5, 5.41) is 2.31. The van der Waals surface area contributed by atoms with Gasteiger partial charge in [-0.2, -0.15) is 0 Å². The summed E-state index contributed by atoms with van der Waals surface area (Å²) >= 11 is 5.79. The average molecular weight is 487 g/mol. The fourth-order valence-corrected chi connectivity index (χ4v) is 3.29. The second-order valence-electron chi connectivity index (χ2n) is 7.60. The van der Waals surface area contributed by atoms with E-state index >= 15 is 0 Å². The number of nitrogens with one attached hydrogen (secondary N) is 1. The second-order valence-corrected chi connectivity index (χ2v) is 7.96. The fraction of sp³-hybridized carbons (Fsp3) is 0.364. The maximum Gasteiger partial charge on any atom is 0.281 e. The number of aliphatic imine (C=N–C) groups is 2. The van der Waals surface area contributed by atoms with E-state index in [4.69, 9.17) is 33.5 Å². The van der Waals surface area contributed by atoms with Gasteiger partial charge in [-0.15, -0.1) is 0 Å². The lowest BCUT2D eigenvalue weighted by atomic mass is 10.1. The Bertz CT molecular complexity index is 1080. The topological polar surface area (TPSA) is 170 Å². The summed E-state index contributed by atoms with van der Waals surface area (Å²) in [6.45, 7) is 2.96. The molecule has 2 aromatic rings. The molecule has 1 aliphatic rings. The molecule has 0 saturated heterocycles. The zero-order valence-corrected chi connectivity index (χ0v) is 19.5. The third-order valence-electron chi connectivity index (χ3n) is 4.95.